The molecule has 106 valence electrons. The molecule has 0 amide bonds. The molecule has 0 atom stereocenters. The highest BCUT2D eigenvalue weighted by Gasteiger charge is 2.11. The van der Waals surface area contributed by atoms with Crippen LogP contribution in [0, 0.1) is 6.92 Å². The Hall–Kier alpha value is -2.80. The van der Waals surface area contributed by atoms with E-state index >= 15 is 0 Å². The second-order valence-electron chi connectivity index (χ2n) is 5.52. The Bertz CT molecular complexity index is 842. The molecular formula is C21H16O. The molecule has 0 aliphatic rings. The van der Waals surface area contributed by atoms with Gasteiger partial charge in [-0.3, -0.25) is 0 Å². The summed E-state index contributed by atoms with van der Waals surface area (Å²) >= 11 is 0. The maximum absolute atomic E-state index is 5.82. The van der Waals surface area contributed by atoms with Gasteiger partial charge in [0.05, 0.1) is 0 Å². The number of benzene rings is 3. The zero-order valence-electron chi connectivity index (χ0n) is 12.4. The van der Waals surface area contributed by atoms with Crippen LogP contribution in [0.2, 0.25) is 0 Å². The average molecular weight is 284 g/mol. The SMILES string of the molecule is Cc1cc2cc(-c3ccccc3)c(-c3ccccc3)cc2o1. The van der Waals surface area contributed by atoms with E-state index in [0.29, 0.717) is 0 Å². The van der Waals surface area contributed by atoms with Crippen molar-refractivity contribution in [2.75, 3.05) is 0 Å². The van der Waals surface area contributed by atoms with Crippen molar-refractivity contribution in [2.24, 2.45) is 0 Å². The Morgan fingerprint density at radius 1 is 0.636 bits per heavy atom. The van der Waals surface area contributed by atoms with Crippen molar-refractivity contribution in [2.45, 2.75) is 6.92 Å². The highest BCUT2D eigenvalue weighted by Crippen LogP contribution is 2.36. The van der Waals surface area contributed by atoms with Gasteiger partial charge in [-0.1, -0.05) is 60.7 Å². The summed E-state index contributed by atoms with van der Waals surface area (Å²) in [7, 11) is 0. The predicted octanol–water partition coefficient (Wildman–Crippen LogP) is 6.08. The molecule has 1 aromatic heterocycles. The van der Waals surface area contributed by atoms with Crippen LogP contribution in [-0.2, 0) is 0 Å². The van der Waals surface area contributed by atoms with E-state index < -0.39 is 0 Å². The van der Waals surface area contributed by atoms with Crippen LogP contribution in [0.3, 0.4) is 0 Å². The van der Waals surface area contributed by atoms with E-state index in [1.165, 1.54) is 22.3 Å². The first-order valence-corrected chi connectivity index (χ1v) is 7.46. The van der Waals surface area contributed by atoms with Crippen molar-refractivity contribution in [3.63, 3.8) is 0 Å². The molecule has 3 aromatic carbocycles. The topological polar surface area (TPSA) is 13.1 Å². The summed E-state index contributed by atoms with van der Waals surface area (Å²) in [6.07, 6.45) is 0. The van der Waals surface area contributed by atoms with Gasteiger partial charge in [0.15, 0.2) is 0 Å². The van der Waals surface area contributed by atoms with Gasteiger partial charge in [0, 0.05) is 5.39 Å². The lowest BCUT2D eigenvalue weighted by molar-refractivity contribution is 0.579. The normalized spacial score (nSPS) is 11.0. The molecule has 0 radical (unpaired) electrons. The average Bonchev–Trinajstić information content (AvgIpc) is 2.94. The molecule has 0 aliphatic heterocycles. The number of hydrogen-bond donors (Lipinski definition) is 0. The molecule has 1 nitrogen and oxygen atoms in total. The van der Waals surface area contributed by atoms with E-state index in [1.807, 2.05) is 19.1 Å². The minimum absolute atomic E-state index is 0.941. The van der Waals surface area contributed by atoms with Gasteiger partial charge in [-0.15, -0.1) is 0 Å². The first kappa shape index (κ1) is 12.9. The Morgan fingerprint density at radius 3 is 1.77 bits per heavy atom. The molecular weight excluding hydrogens is 268 g/mol. The molecule has 4 aromatic rings. The molecule has 0 saturated carbocycles. The number of rotatable bonds is 2. The molecule has 1 heterocycles. The molecule has 22 heavy (non-hydrogen) atoms. The molecule has 4 rings (SSSR count). The molecule has 1 heteroatoms. The van der Waals surface area contributed by atoms with Crippen molar-refractivity contribution in [1.82, 2.24) is 0 Å². The monoisotopic (exact) mass is 284 g/mol. The maximum atomic E-state index is 5.82. The fraction of sp³-hybridized carbons (Fsp3) is 0.0476. The van der Waals surface area contributed by atoms with Gasteiger partial charge < -0.3 is 4.42 Å². The second-order valence-corrected chi connectivity index (χ2v) is 5.52. The fourth-order valence-electron chi connectivity index (χ4n) is 2.93. The van der Waals surface area contributed by atoms with Gasteiger partial charge in [0.25, 0.3) is 0 Å². The minimum Gasteiger partial charge on any atom is -0.461 e. The summed E-state index contributed by atoms with van der Waals surface area (Å²) in [5, 5.41) is 1.15. The van der Waals surface area contributed by atoms with Crippen LogP contribution in [0.4, 0.5) is 0 Å². The lowest BCUT2D eigenvalue weighted by Gasteiger charge is -2.10. The first-order chi connectivity index (χ1) is 10.8. The Kier molecular flexibility index (Phi) is 3.05. The Labute approximate surface area is 129 Å². The highest BCUT2D eigenvalue weighted by atomic mass is 16.3. The molecule has 0 unspecified atom stereocenters. The van der Waals surface area contributed by atoms with E-state index in [2.05, 4.69) is 66.7 Å². The Morgan fingerprint density at radius 2 is 1.18 bits per heavy atom. The molecule has 0 aliphatic carbocycles. The summed E-state index contributed by atoms with van der Waals surface area (Å²) in [5.74, 6) is 0.944. The summed E-state index contributed by atoms with van der Waals surface area (Å²) in [6, 6.07) is 27.5. The van der Waals surface area contributed by atoms with Crippen molar-refractivity contribution in [1.29, 1.82) is 0 Å². The lowest BCUT2D eigenvalue weighted by atomic mass is 9.93. The van der Waals surface area contributed by atoms with Crippen molar-refractivity contribution in [3.05, 3.63) is 84.6 Å². The van der Waals surface area contributed by atoms with E-state index in [9.17, 15) is 0 Å². The van der Waals surface area contributed by atoms with Gasteiger partial charge in [0.1, 0.15) is 11.3 Å². The van der Waals surface area contributed by atoms with Crippen LogP contribution in [0.5, 0.6) is 0 Å². The minimum atomic E-state index is 0.941. The molecule has 0 fully saturated rings. The van der Waals surface area contributed by atoms with Crippen LogP contribution >= 0.6 is 0 Å². The van der Waals surface area contributed by atoms with E-state index in [4.69, 9.17) is 4.42 Å². The quantitative estimate of drug-likeness (QED) is 0.435. The third kappa shape index (κ3) is 2.21. The number of hydrogen-bond acceptors (Lipinski definition) is 1. The van der Waals surface area contributed by atoms with Crippen LogP contribution in [0.1, 0.15) is 5.76 Å². The number of fused-ring (bicyclic) bond motifs is 1. The summed E-state index contributed by atoms with van der Waals surface area (Å²) in [6.45, 7) is 1.99. The smallest absolute Gasteiger partial charge is 0.134 e. The van der Waals surface area contributed by atoms with Gasteiger partial charge in [-0.2, -0.15) is 0 Å². The van der Waals surface area contributed by atoms with E-state index in [-0.39, 0.29) is 0 Å². The van der Waals surface area contributed by atoms with Crippen molar-refractivity contribution >= 4 is 11.0 Å². The third-order valence-electron chi connectivity index (χ3n) is 3.95. The van der Waals surface area contributed by atoms with Crippen LogP contribution in [-0.4, -0.2) is 0 Å². The van der Waals surface area contributed by atoms with Crippen molar-refractivity contribution < 1.29 is 4.42 Å². The second kappa shape index (κ2) is 5.19. The molecule has 0 spiro atoms. The maximum Gasteiger partial charge on any atom is 0.134 e. The van der Waals surface area contributed by atoms with E-state index in [1.54, 1.807) is 0 Å². The van der Waals surface area contributed by atoms with Gasteiger partial charge in [0.2, 0.25) is 0 Å². The van der Waals surface area contributed by atoms with Crippen LogP contribution in [0.25, 0.3) is 33.2 Å². The van der Waals surface area contributed by atoms with Gasteiger partial charge in [-0.25, -0.2) is 0 Å². The summed E-state index contributed by atoms with van der Waals surface area (Å²) in [5.41, 5.74) is 5.81. The first-order valence-electron chi connectivity index (χ1n) is 7.46. The fourth-order valence-corrected chi connectivity index (χ4v) is 2.93. The number of furan rings is 1. The van der Waals surface area contributed by atoms with Gasteiger partial charge in [-0.05, 0) is 47.4 Å². The van der Waals surface area contributed by atoms with Gasteiger partial charge >= 0.3 is 0 Å². The Balaban J connectivity index is 2.04. The molecule has 0 bridgehead atoms. The van der Waals surface area contributed by atoms with Crippen LogP contribution < -0.4 is 0 Å². The summed E-state index contributed by atoms with van der Waals surface area (Å²) in [4.78, 5) is 0. The largest absolute Gasteiger partial charge is 0.461 e. The lowest BCUT2D eigenvalue weighted by Crippen LogP contribution is -1.85. The van der Waals surface area contributed by atoms with Crippen LogP contribution in [0.15, 0.2) is 83.3 Å². The van der Waals surface area contributed by atoms with Crippen molar-refractivity contribution in [3.8, 4) is 22.3 Å². The predicted molar refractivity (Wildman–Crippen MR) is 91.8 cm³/mol. The number of aryl methyl sites for hydroxylation is 1. The third-order valence-corrected chi connectivity index (χ3v) is 3.95. The highest BCUT2D eigenvalue weighted by molar-refractivity contribution is 5.94. The van der Waals surface area contributed by atoms with E-state index in [0.717, 1.165) is 16.7 Å². The zero-order valence-corrected chi connectivity index (χ0v) is 12.4. The standard InChI is InChI=1S/C21H16O/c1-15-12-18-13-19(16-8-4-2-5-9-16)20(14-21(18)22-15)17-10-6-3-7-11-17/h2-14H,1H3. The molecule has 0 N–H and O–H groups in total. The molecule has 0 saturated heterocycles. The zero-order chi connectivity index (χ0) is 14.9. The summed E-state index contributed by atoms with van der Waals surface area (Å²) < 4.78 is 5.82.